The largest absolute Gasteiger partial charge is 0.331 e. The number of pyridine rings is 1. The van der Waals surface area contributed by atoms with Gasteiger partial charge in [0.1, 0.15) is 5.69 Å². The third-order valence-corrected chi connectivity index (χ3v) is 5.65. The number of aryl methyl sites for hydroxylation is 1. The number of amides is 2. The molecule has 0 saturated heterocycles. The van der Waals surface area contributed by atoms with Gasteiger partial charge in [-0.3, -0.25) is 4.98 Å². The smallest absolute Gasteiger partial charge is 0.317 e. The Hall–Kier alpha value is -2.70. The maximum atomic E-state index is 12.9. The Kier molecular flexibility index (Phi) is 5.41. The van der Waals surface area contributed by atoms with Gasteiger partial charge in [-0.25, -0.2) is 9.48 Å². The number of rotatable bonds is 3. The average Bonchev–Trinajstić information content (AvgIpc) is 3.07. The fraction of sp³-hybridized carbons (Fsp3) is 0.524. The summed E-state index contributed by atoms with van der Waals surface area (Å²) >= 11 is 0. The van der Waals surface area contributed by atoms with Crippen molar-refractivity contribution in [1.29, 1.82) is 0 Å². The van der Waals surface area contributed by atoms with Crippen molar-refractivity contribution in [2.45, 2.75) is 58.0 Å². The van der Waals surface area contributed by atoms with Gasteiger partial charge < -0.3 is 10.2 Å². The van der Waals surface area contributed by atoms with E-state index in [1.165, 1.54) is 16.7 Å². The predicted octanol–water partition coefficient (Wildman–Crippen LogP) is 3.52. The van der Waals surface area contributed by atoms with Crippen LogP contribution in [0.4, 0.5) is 4.79 Å². The summed E-state index contributed by atoms with van der Waals surface area (Å²) in [5.41, 5.74) is 4.57. The summed E-state index contributed by atoms with van der Waals surface area (Å²) in [6, 6.07) is 2.44. The second-order valence-corrected chi connectivity index (χ2v) is 7.90. The number of carbonyl (C=O) groups excluding carboxylic acids is 1. The van der Waals surface area contributed by atoms with Gasteiger partial charge in [0.15, 0.2) is 0 Å². The Labute approximate surface area is 165 Å². The van der Waals surface area contributed by atoms with Crippen LogP contribution in [0.5, 0.6) is 0 Å². The summed E-state index contributed by atoms with van der Waals surface area (Å²) in [5, 5.41) is 11.8. The first-order chi connectivity index (χ1) is 13.6. The molecule has 2 aromatic heterocycles. The molecule has 2 amide bonds. The second kappa shape index (κ2) is 8.12. The minimum Gasteiger partial charge on any atom is -0.331 e. The maximum Gasteiger partial charge on any atom is 0.317 e. The second-order valence-electron chi connectivity index (χ2n) is 7.90. The standard InChI is InChI=1S/C21H28N6O/c1-15(2)27-14-20(24-25-27)16-6-4-11-26(12-9-16)21(28)23-19-7-3-5-17-13-22-10-8-18(17)19/h6,8,10,13-15,19H,3-5,7,9,11-12H2,1-2H3,(H,23,28). The zero-order valence-electron chi connectivity index (χ0n) is 16.6. The van der Waals surface area contributed by atoms with Crippen LogP contribution in [0.3, 0.4) is 0 Å². The Morgan fingerprint density at radius 1 is 1.29 bits per heavy atom. The van der Waals surface area contributed by atoms with Gasteiger partial charge in [-0.2, -0.15) is 0 Å². The first-order valence-corrected chi connectivity index (χ1v) is 10.2. The molecular formula is C21H28N6O. The van der Waals surface area contributed by atoms with Crippen LogP contribution in [0, 0.1) is 0 Å². The Balaban J connectivity index is 1.38. The number of hydrogen-bond acceptors (Lipinski definition) is 4. The van der Waals surface area contributed by atoms with Gasteiger partial charge in [0.25, 0.3) is 0 Å². The molecule has 0 aromatic carbocycles. The maximum absolute atomic E-state index is 12.9. The SMILES string of the molecule is CC(C)n1cc(C2=CCCN(C(=O)NC3CCCc4cnccc43)CC2)nn1. The number of nitrogens with zero attached hydrogens (tertiary/aromatic N) is 5. The van der Waals surface area contributed by atoms with E-state index in [1.54, 1.807) is 0 Å². The van der Waals surface area contributed by atoms with Gasteiger partial charge in [-0.1, -0.05) is 11.3 Å². The predicted molar refractivity (Wildman–Crippen MR) is 108 cm³/mol. The van der Waals surface area contributed by atoms with Crippen LogP contribution < -0.4 is 5.32 Å². The van der Waals surface area contributed by atoms with Gasteiger partial charge in [0, 0.05) is 31.5 Å². The zero-order valence-corrected chi connectivity index (χ0v) is 16.6. The molecule has 7 nitrogen and oxygen atoms in total. The van der Waals surface area contributed by atoms with Crippen molar-refractivity contribution in [2.75, 3.05) is 13.1 Å². The van der Waals surface area contributed by atoms with Gasteiger partial charge >= 0.3 is 6.03 Å². The molecule has 0 spiro atoms. The topological polar surface area (TPSA) is 75.9 Å². The number of nitrogens with one attached hydrogen (secondary N) is 1. The summed E-state index contributed by atoms with van der Waals surface area (Å²) in [6.45, 7) is 5.60. The molecule has 0 saturated carbocycles. The summed E-state index contributed by atoms with van der Waals surface area (Å²) in [5.74, 6) is 0. The van der Waals surface area contributed by atoms with Crippen molar-refractivity contribution in [3.8, 4) is 0 Å². The summed E-state index contributed by atoms with van der Waals surface area (Å²) in [4.78, 5) is 19.1. The molecule has 3 heterocycles. The van der Waals surface area contributed by atoms with E-state index >= 15 is 0 Å². The monoisotopic (exact) mass is 380 g/mol. The van der Waals surface area contributed by atoms with Crippen LogP contribution in [0.1, 0.15) is 68.4 Å². The lowest BCUT2D eigenvalue weighted by molar-refractivity contribution is 0.195. The molecule has 1 atom stereocenters. The van der Waals surface area contributed by atoms with Crippen LogP contribution in [0.15, 0.2) is 30.7 Å². The van der Waals surface area contributed by atoms with Gasteiger partial charge in [0.2, 0.25) is 0 Å². The van der Waals surface area contributed by atoms with E-state index in [4.69, 9.17) is 0 Å². The van der Waals surface area contributed by atoms with Gasteiger partial charge in [0.05, 0.1) is 12.2 Å². The van der Waals surface area contributed by atoms with Crippen molar-refractivity contribution < 1.29 is 4.79 Å². The Bertz CT molecular complexity index is 871. The number of fused-ring (bicyclic) bond motifs is 1. The van der Waals surface area contributed by atoms with Crippen LogP contribution in [0.2, 0.25) is 0 Å². The van der Waals surface area contributed by atoms with E-state index in [9.17, 15) is 4.79 Å². The van der Waals surface area contributed by atoms with Crippen LogP contribution in [-0.4, -0.2) is 44.0 Å². The normalized spacial score (nSPS) is 19.8. The molecule has 4 rings (SSSR count). The Morgan fingerprint density at radius 2 is 2.18 bits per heavy atom. The zero-order chi connectivity index (χ0) is 19.5. The molecule has 0 bridgehead atoms. The first-order valence-electron chi connectivity index (χ1n) is 10.2. The summed E-state index contributed by atoms with van der Waals surface area (Å²) < 4.78 is 1.88. The lowest BCUT2D eigenvalue weighted by Gasteiger charge is -2.29. The number of hydrogen-bond donors (Lipinski definition) is 1. The van der Waals surface area contributed by atoms with Crippen molar-refractivity contribution in [2.24, 2.45) is 0 Å². The molecule has 28 heavy (non-hydrogen) atoms. The lowest BCUT2D eigenvalue weighted by atomic mass is 9.89. The highest BCUT2D eigenvalue weighted by Crippen LogP contribution is 2.29. The quantitative estimate of drug-likeness (QED) is 0.884. The molecule has 148 valence electrons. The highest BCUT2D eigenvalue weighted by atomic mass is 16.2. The molecular weight excluding hydrogens is 352 g/mol. The summed E-state index contributed by atoms with van der Waals surface area (Å²) in [7, 11) is 0. The van der Waals surface area contributed by atoms with Crippen LogP contribution >= 0.6 is 0 Å². The average molecular weight is 380 g/mol. The lowest BCUT2D eigenvalue weighted by Crippen LogP contribution is -2.43. The van der Waals surface area contributed by atoms with Crippen LogP contribution in [-0.2, 0) is 6.42 Å². The van der Waals surface area contributed by atoms with E-state index in [0.29, 0.717) is 12.6 Å². The van der Waals surface area contributed by atoms with Crippen LogP contribution in [0.25, 0.3) is 5.57 Å². The Morgan fingerprint density at radius 3 is 3.00 bits per heavy atom. The van der Waals surface area contributed by atoms with E-state index in [-0.39, 0.29) is 12.1 Å². The fourth-order valence-corrected chi connectivity index (χ4v) is 4.00. The van der Waals surface area contributed by atoms with Gasteiger partial charge in [-0.15, -0.1) is 5.10 Å². The van der Waals surface area contributed by atoms with Crippen molar-refractivity contribution >= 4 is 11.6 Å². The van der Waals surface area contributed by atoms with E-state index in [0.717, 1.165) is 44.3 Å². The molecule has 1 aliphatic carbocycles. The van der Waals surface area contributed by atoms with Crippen molar-refractivity contribution in [3.63, 3.8) is 0 Å². The molecule has 0 radical (unpaired) electrons. The molecule has 2 aromatic rings. The molecule has 0 fully saturated rings. The highest BCUT2D eigenvalue weighted by molar-refractivity contribution is 5.75. The molecule has 1 aliphatic heterocycles. The highest BCUT2D eigenvalue weighted by Gasteiger charge is 2.25. The summed E-state index contributed by atoms with van der Waals surface area (Å²) in [6.07, 6.45) is 12.7. The third-order valence-electron chi connectivity index (χ3n) is 5.65. The molecule has 1 N–H and O–H groups in total. The fourth-order valence-electron chi connectivity index (χ4n) is 4.00. The third kappa shape index (κ3) is 3.93. The number of aromatic nitrogens is 4. The number of urea groups is 1. The van der Waals surface area contributed by atoms with E-state index in [2.05, 4.69) is 40.5 Å². The molecule has 2 aliphatic rings. The minimum absolute atomic E-state index is 0.0233. The van der Waals surface area contributed by atoms with E-state index < -0.39 is 0 Å². The number of carbonyl (C=O) groups is 1. The van der Waals surface area contributed by atoms with Crippen molar-refractivity contribution in [3.05, 3.63) is 47.6 Å². The first kappa shape index (κ1) is 18.7. The minimum atomic E-state index is 0.0233. The molecule has 1 unspecified atom stereocenters. The van der Waals surface area contributed by atoms with Crippen molar-refractivity contribution in [1.82, 2.24) is 30.2 Å². The van der Waals surface area contributed by atoms with E-state index in [1.807, 2.05) is 34.2 Å². The van der Waals surface area contributed by atoms with Gasteiger partial charge in [-0.05, 0) is 68.7 Å². The molecule has 7 heteroatoms.